The van der Waals surface area contributed by atoms with Gasteiger partial charge in [-0.25, -0.2) is 4.98 Å². The molecule has 0 N–H and O–H groups in total. The molecule has 0 radical (unpaired) electrons. The van der Waals surface area contributed by atoms with Crippen molar-refractivity contribution in [3.05, 3.63) is 23.8 Å². The smallest absolute Gasteiger partial charge is 0.245 e. The number of hydrogen-bond donors (Lipinski definition) is 0. The van der Waals surface area contributed by atoms with E-state index >= 15 is 0 Å². The number of allylic oxidation sites excluding steroid dienone is 1. The summed E-state index contributed by atoms with van der Waals surface area (Å²) in [5, 5.41) is -0.488. The zero-order chi connectivity index (χ0) is 9.14. The monoisotopic (exact) mass is 184 g/mol. The molecule has 1 heterocycles. The van der Waals surface area contributed by atoms with Gasteiger partial charge in [-0.1, -0.05) is 0 Å². The third-order valence-corrected chi connectivity index (χ3v) is 1.64. The van der Waals surface area contributed by atoms with Crippen LogP contribution in [0.25, 0.3) is 6.08 Å². The number of rotatable bonds is 2. The molecule has 3 nitrogen and oxygen atoms in total. The normalized spacial score (nSPS) is 10.9. The van der Waals surface area contributed by atoms with E-state index in [2.05, 4.69) is 4.98 Å². The van der Waals surface area contributed by atoms with Gasteiger partial charge in [0.2, 0.25) is 5.24 Å². The summed E-state index contributed by atoms with van der Waals surface area (Å²) in [6, 6.07) is 0. The Morgan fingerprint density at radius 3 is 2.83 bits per heavy atom. The van der Waals surface area contributed by atoms with E-state index in [1.807, 2.05) is 24.7 Å². The molecule has 1 aromatic rings. The largest absolute Gasteiger partial charge is 0.338 e. The van der Waals surface area contributed by atoms with Crippen molar-refractivity contribution < 1.29 is 4.79 Å². The van der Waals surface area contributed by atoms with Crippen molar-refractivity contribution in [3.63, 3.8) is 0 Å². The Labute approximate surface area is 75.7 Å². The number of aromatic nitrogens is 2. The second-order valence-corrected chi connectivity index (χ2v) is 2.83. The Morgan fingerprint density at radius 1 is 1.75 bits per heavy atom. The van der Waals surface area contributed by atoms with E-state index in [4.69, 9.17) is 11.6 Å². The summed E-state index contributed by atoms with van der Waals surface area (Å²) >= 11 is 5.11. The number of imidazole rings is 1. The highest BCUT2D eigenvalue weighted by atomic mass is 35.5. The molecule has 0 aliphatic heterocycles. The second kappa shape index (κ2) is 3.54. The molecule has 0 unspecified atom stereocenters. The SMILES string of the molecule is Cc1nc(C=CC(=O)Cl)cn1C. The van der Waals surface area contributed by atoms with Gasteiger partial charge in [-0.05, 0) is 30.7 Å². The van der Waals surface area contributed by atoms with Crippen LogP contribution in [0.3, 0.4) is 0 Å². The minimum Gasteiger partial charge on any atom is -0.338 e. The van der Waals surface area contributed by atoms with Crippen molar-refractivity contribution in [2.75, 3.05) is 0 Å². The fourth-order valence-electron chi connectivity index (χ4n) is 0.818. The molecule has 0 aliphatic rings. The van der Waals surface area contributed by atoms with Crippen LogP contribution < -0.4 is 0 Å². The molecule has 0 aliphatic carbocycles. The van der Waals surface area contributed by atoms with Gasteiger partial charge in [0.15, 0.2) is 0 Å². The zero-order valence-corrected chi connectivity index (χ0v) is 7.67. The maximum atomic E-state index is 10.4. The topological polar surface area (TPSA) is 34.9 Å². The first-order valence-corrected chi connectivity index (χ1v) is 3.85. The van der Waals surface area contributed by atoms with Crippen molar-refractivity contribution in [1.82, 2.24) is 9.55 Å². The molecule has 4 heteroatoms. The van der Waals surface area contributed by atoms with Crippen LogP contribution in [0.4, 0.5) is 0 Å². The first-order valence-electron chi connectivity index (χ1n) is 3.47. The molecule has 0 saturated heterocycles. The third kappa shape index (κ3) is 2.20. The first-order chi connectivity index (χ1) is 5.59. The van der Waals surface area contributed by atoms with Gasteiger partial charge in [0.1, 0.15) is 5.82 Å². The quantitative estimate of drug-likeness (QED) is 0.516. The van der Waals surface area contributed by atoms with Crippen molar-refractivity contribution in [1.29, 1.82) is 0 Å². The molecule has 0 spiro atoms. The summed E-state index contributed by atoms with van der Waals surface area (Å²) in [5.41, 5.74) is 0.740. The van der Waals surface area contributed by atoms with Gasteiger partial charge in [-0.2, -0.15) is 0 Å². The van der Waals surface area contributed by atoms with E-state index in [1.165, 1.54) is 6.08 Å². The van der Waals surface area contributed by atoms with Gasteiger partial charge in [0, 0.05) is 13.2 Å². The molecule has 12 heavy (non-hydrogen) atoms. The van der Waals surface area contributed by atoms with E-state index in [0.29, 0.717) is 0 Å². The Morgan fingerprint density at radius 2 is 2.42 bits per heavy atom. The standard InChI is InChI=1S/C8H9ClN2O/c1-6-10-7(5-11(6)2)3-4-8(9)12/h3-5H,1-2H3. The molecule has 1 rings (SSSR count). The highest BCUT2D eigenvalue weighted by Crippen LogP contribution is 2.02. The van der Waals surface area contributed by atoms with Crippen LogP contribution in [-0.2, 0) is 11.8 Å². The van der Waals surface area contributed by atoms with Crippen LogP contribution in [0.5, 0.6) is 0 Å². The molecule has 0 aromatic carbocycles. The van der Waals surface area contributed by atoms with Gasteiger partial charge in [0.25, 0.3) is 0 Å². The highest BCUT2D eigenvalue weighted by Gasteiger charge is 1.96. The lowest BCUT2D eigenvalue weighted by Crippen LogP contribution is -1.86. The van der Waals surface area contributed by atoms with Gasteiger partial charge < -0.3 is 4.57 Å². The number of aryl methyl sites for hydroxylation is 2. The number of carbonyl (C=O) groups excluding carboxylic acids is 1. The van der Waals surface area contributed by atoms with Crippen molar-refractivity contribution >= 4 is 22.9 Å². The Hall–Kier alpha value is -1.09. The number of nitrogens with zero attached hydrogens (tertiary/aromatic N) is 2. The van der Waals surface area contributed by atoms with Crippen LogP contribution in [0, 0.1) is 6.92 Å². The van der Waals surface area contributed by atoms with Crippen LogP contribution in [0.1, 0.15) is 11.5 Å². The van der Waals surface area contributed by atoms with Crippen LogP contribution in [0.15, 0.2) is 12.3 Å². The molecule has 64 valence electrons. The summed E-state index contributed by atoms with van der Waals surface area (Å²) in [4.78, 5) is 14.5. The third-order valence-electron chi connectivity index (χ3n) is 1.51. The molecular weight excluding hydrogens is 176 g/mol. The Bertz CT molecular complexity index is 308. The minimum absolute atomic E-state index is 0.488. The van der Waals surface area contributed by atoms with Crippen LogP contribution in [-0.4, -0.2) is 14.8 Å². The van der Waals surface area contributed by atoms with E-state index in [1.54, 1.807) is 6.08 Å². The van der Waals surface area contributed by atoms with E-state index in [0.717, 1.165) is 11.5 Å². The molecule has 0 atom stereocenters. The summed E-state index contributed by atoms with van der Waals surface area (Å²) in [6.07, 6.45) is 4.69. The summed E-state index contributed by atoms with van der Waals surface area (Å²) in [5.74, 6) is 0.900. The van der Waals surface area contributed by atoms with Crippen LogP contribution in [0.2, 0.25) is 0 Å². The number of carbonyl (C=O) groups is 1. The fraction of sp³-hybridized carbons (Fsp3) is 0.250. The van der Waals surface area contributed by atoms with E-state index < -0.39 is 5.24 Å². The lowest BCUT2D eigenvalue weighted by molar-refractivity contribution is -0.107. The fourth-order valence-corrected chi connectivity index (χ4v) is 0.881. The van der Waals surface area contributed by atoms with Crippen molar-refractivity contribution in [3.8, 4) is 0 Å². The average Bonchev–Trinajstić information content (AvgIpc) is 2.28. The van der Waals surface area contributed by atoms with Gasteiger partial charge in [-0.15, -0.1) is 0 Å². The van der Waals surface area contributed by atoms with Gasteiger partial charge in [-0.3, -0.25) is 4.79 Å². The lowest BCUT2D eigenvalue weighted by atomic mass is 10.4. The van der Waals surface area contributed by atoms with Gasteiger partial charge in [0.05, 0.1) is 5.69 Å². The summed E-state index contributed by atoms with van der Waals surface area (Å²) in [7, 11) is 1.89. The highest BCUT2D eigenvalue weighted by molar-refractivity contribution is 6.66. The zero-order valence-electron chi connectivity index (χ0n) is 6.91. The minimum atomic E-state index is -0.488. The summed E-state index contributed by atoms with van der Waals surface area (Å²) in [6.45, 7) is 1.89. The summed E-state index contributed by atoms with van der Waals surface area (Å²) < 4.78 is 1.87. The maximum absolute atomic E-state index is 10.4. The van der Waals surface area contributed by atoms with Gasteiger partial charge >= 0.3 is 0 Å². The van der Waals surface area contributed by atoms with Crippen LogP contribution >= 0.6 is 11.6 Å². The second-order valence-electron chi connectivity index (χ2n) is 2.46. The maximum Gasteiger partial charge on any atom is 0.245 e. The van der Waals surface area contributed by atoms with E-state index in [-0.39, 0.29) is 0 Å². The average molecular weight is 185 g/mol. The molecule has 1 aromatic heterocycles. The van der Waals surface area contributed by atoms with Crippen molar-refractivity contribution in [2.45, 2.75) is 6.92 Å². The Kier molecular flexibility index (Phi) is 2.65. The molecule has 0 bridgehead atoms. The molecule has 0 saturated carbocycles. The molecular formula is C8H9ClN2O. The number of halogens is 1. The number of hydrogen-bond acceptors (Lipinski definition) is 2. The molecule has 0 fully saturated rings. The van der Waals surface area contributed by atoms with Crippen molar-refractivity contribution in [2.24, 2.45) is 7.05 Å². The first kappa shape index (κ1) is 9.00. The lowest BCUT2D eigenvalue weighted by Gasteiger charge is -1.87. The predicted octanol–water partition coefficient (Wildman–Crippen LogP) is 1.51. The molecule has 0 amide bonds. The Balaban J connectivity index is 2.83. The van der Waals surface area contributed by atoms with E-state index in [9.17, 15) is 4.79 Å². The predicted molar refractivity (Wildman–Crippen MR) is 47.8 cm³/mol.